The van der Waals surface area contributed by atoms with Gasteiger partial charge < -0.3 is 19.7 Å². The molecular weight excluding hydrogens is 368 g/mol. The highest BCUT2D eigenvalue weighted by Crippen LogP contribution is 2.33. The average molecular weight is 388 g/mol. The lowest BCUT2D eigenvalue weighted by Crippen LogP contribution is -2.28. The highest BCUT2D eigenvalue weighted by Gasteiger charge is 2.24. The summed E-state index contributed by atoms with van der Waals surface area (Å²) in [7, 11) is 0. The number of pyridine rings is 1. The zero-order valence-corrected chi connectivity index (χ0v) is 16.1. The fraction of sp³-hybridized carbons (Fsp3) is 0.333. The van der Waals surface area contributed by atoms with Crippen LogP contribution in [0.5, 0.6) is 11.5 Å². The molecule has 0 unspecified atom stereocenters. The molecule has 1 atom stereocenters. The van der Waals surface area contributed by atoms with Gasteiger partial charge in [0.2, 0.25) is 18.4 Å². The normalized spacial score (nSPS) is 17.5. The first-order chi connectivity index (χ1) is 14.2. The van der Waals surface area contributed by atoms with Gasteiger partial charge in [0, 0.05) is 25.3 Å². The van der Waals surface area contributed by atoms with Crippen LogP contribution in [0.3, 0.4) is 0 Å². The fourth-order valence-corrected chi connectivity index (χ4v) is 3.78. The van der Waals surface area contributed by atoms with Gasteiger partial charge in [0.05, 0.1) is 12.0 Å². The number of aromatic nitrogens is 3. The molecule has 0 bridgehead atoms. The Labute approximate surface area is 168 Å². The standard InChI is InChI=1S/C21H20N6O2/c1-13-4-3-7-27(13)21-25-19(16-9-15(22-2)11-24-20(16)26-21)23-10-14-5-6-17-18(8-14)29-12-28-17/h5-6,8-9,11,13H,3-4,7,10,12H2,1H3,(H,23,24,25,26)/t13-/m1/s1. The molecule has 3 aromatic rings. The number of hydrogen-bond donors (Lipinski definition) is 1. The van der Waals surface area contributed by atoms with E-state index in [0.717, 1.165) is 41.8 Å². The van der Waals surface area contributed by atoms with Crippen LogP contribution in [0, 0.1) is 6.57 Å². The van der Waals surface area contributed by atoms with Crippen LogP contribution in [-0.4, -0.2) is 34.3 Å². The van der Waals surface area contributed by atoms with Gasteiger partial charge in [-0.3, -0.25) is 0 Å². The molecule has 0 aliphatic carbocycles. The first-order valence-corrected chi connectivity index (χ1v) is 9.65. The molecule has 1 aromatic carbocycles. The zero-order valence-electron chi connectivity index (χ0n) is 16.1. The summed E-state index contributed by atoms with van der Waals surface area (Å²) in [6.07, 6.45) is 3.82. The lowest BCUT2D eigenvalue weighted by atomic mass is 10.2. The van der Waals surface area contributed by atoms with Crippen molar-refractivity contribution in [2.45, 2.75) is 32.4 Å². The van der Waals surface area contributed by atoms with Gasteiger partial charge in [-0.05, 0) is 43.5 Å². The molecule has 8 heteroatoms. The van der Waals surface area contributed by atoms with Crippen molar-refractivity contribution in [1.82, 2.24) is 15.0 Å². The van der Waals surface area contributed by atoms with Gasteiger partial charge >= 0.3 is 0 Å². The molecule has 0 radical (unpaired) electrons. The van der Waals surface area contributed by atoms with E-state index < -0.39 is 0 Å². The van der Waals surface area contributed by atoms with E-state index in [1.54, 1.807) is 12.3 Å². The van der Waals surface area contributed by atoms with Crippen LogP contribution in [0.2, 0.25) is 0 Å². The van der Waals surface area contributed by atoms with Crippen LogP contribution in [0.15, 0.2) is 30.5 Å². The molecular formula is C21H20N6O2. The van der Waals surface area contributed by atoms with Crippen molar-refractivity contribution in [3.63, 3.8) is 0 Å². The Hall–Kier alpha value is -3.60. The van der Waals surface area contributed by atoms with Crippen LogP contribution in [-0.2, 0) is 6.54 Å². The Morgan fingerprint density at radius 2 is 2.14 bits per heavy atom. The van der Waals surface area contributed by atoms with Crippen molar-refractivity contribution in [2.75, 3.05) is 23.6 Å². The number of nitrogens with zero attached hydrogens (tertiary/aromatic N) is 5. The van der Waals surface area contributed by atoms with Gasteiger partial charge in [-0.25, -0.2) is 9.83 Å². The molecule has 2 aliphatic heterocycles. The molecule has 1 N–H and O–H groups in total. The van der Waals surface area contributed by atoms with Crippen molar-refractivity contribution < 1.29 is 9.47 Å². The zero-order chi connectivity index (χ0) is 19.8. The molecule has 1 saturated heterocycles. The second-order valence-electron chi connectivity index (χ2n) is 7.27. The predicted octanol–water partition coefficient (Wildman–Crippen LogP) is 3.91. The predicted molar refractivity (Wildman–Crippen MR) is 110 cm³/mol. The number of anilines is 2. The molecule has 2 aliphatic rings. The summed E-state index contributed by atoms with van der Waals surface area (Å²) in [6.45, 7) is 11.2. The number of hydrogen-bond acceptors (Lipinski definition) is 7. The quantitative estimate of drug-likeness (QED) is 0.679. The summed E-state index contributed by atoms with van der Waals surface area (Å²) < 4.78 is 10.8. The first kappa shape index (κ1) is 17.5. The van der Waals surface area contributed by atoms with Gasteiger partial charge in [0.1, 0.15) is 5.82 Å². The van der Waals surface area contributed by atoms with Crippen molar-refractivity contribution in [3.8, 4) is 11.5 Å². The summed E-state index contributed by atoms with van der Waals surface area (Å²) in [6, 6.07) is 8.06. The van der Waals surface area contributed by atoms with Crippen molar-refractivity contribution >= 4 is 28.5 Å². The van der Waals surface area contributed by atoms with Crippen LogP contribution in [0.25, 0.3) is 15.9 Å². The molecule has 2 aromatic heterocycles. The number of benzene rings is 1. The Morgan fingerprint density at radius 1 is 1.24 bits per heavy atom. The maximum atomic E-state index is 7.29. The Kier molecular flexibility index (Phi) is 4.28. The minimum atomic E-state index is 0.255. The van der Waals surface area contributed by atoms with Crippen LogP contribution in [0.1, 0.15) is 25.3 Å². The van der Waals surface area contributed by atoms with E-state index in [-0.39, 0.29) is 6.79 Å². The van der Waals surface area contributed by atoms with E-state index in [0.29, 0.717) is 35.7 Å². The highest BCUT2D eigenvalue weighted by molar-refractivity contribution is 5.90. The van der Waals surface area contributed by atoms with E-state index in [2.05, 4.69) is 32.0 Å². The molecule has 4 heterocycles. The molecule has 5 rings (SSSR count). The topological polar surface area (TPSA) is 76.8 Å². The van der Waals surface area contributed by atoms with Gasteiger partial charge in [0.25, 0.3) is 0 Å². The summed E-state index contributed by atoms with van der Waals surface area (Å²) in [5, 5.41) is 4.15. The molecule has 0 amide bonds. The second kappa shape index (κ2) is 7.09. The monoisotopic (exact) mass is 388 g/mol. The van der Waals surface area contributed by atoms with Gasteiger partial charge in [-0.15, -0.1) is 0 Å². The van der Waals surface area contributed by atoms with E-state index >= 15 is 0 Å². The highest BCUT2D eigenvalue weighted by atomic mass is 16.7. The van der Waals surface area contributed by atoms with Gasteiger partial charge in [0.15, 0.2) is 17.1 Å². The Morgan fingerprint density at radius 3 is 2.97 bits per heavy atom. The lowest BCUT2D eigenvalue weighted by Gasteiger charge is -2.22. The Balaban J connectivity index is 1.50. The number of rotatable bonds is 4. The average Bonchev–Trinajstić information content (AvgIpc) is 3.39. The molecule has 8 nitrogen and oxygen atoms in total. The third-order valence-corrected chi connectivity index (χ3v) is 5.36. The minimum absolute atomic E-state index is 0.255. The molecule has 0 saturated carbocycles. The summed E-state index contributed by atoms with van der Waals surface area (Å²) in [5.74, 6) is 2.87. The van der Waals surface area contributed by atoms with Crippen molar-refractivity contribution in [1.29, 1.82) is 0 Å². The summed E-state index contributed by atoms with van der Waals surface area (Å²) in [5.41, 5.74) is 2.11. The van der Waals surface area contributed by atoms with Gasteiger partial charge in [-0.1, -0.05) is 6.07 Å². The molecule has 0 spiro atoms. The van der Waals surface area contributed by atoms with E-state index in [9.17, 15) is 0 Å². The molecule has 29 heavy (non-hydrogen) atoms. The summed E-state index contributed by atoms with van der Waals surface area (Å²) in [4.78, 5) is 19.6. The SMILES string of the molecule is [C-]#[N+]c1cnc2nc(N3CCC[C@H]3C)nc(NCc3ccc4c(c3)OCO4)c2c1. The maximum absolute atomic E-state index is 7.29. The Bertz CT molecular complexity index is 1130. The first-order valence-electron chi connectivity index (χ1n) is 9.65. The van der Waals surface area contributed by atoms with Crippen molar-refractivity contribution in [3.05, 3.63) is 47.4 Å². The third-order valence-electron chi connectivity index (χ3n) is 5.36. The van der Waals surface area contributed by atoms with Crippen molar-refractivity contribution in [2.24, 2.45) is 0 Å². The number of fused-ring (bicyclic) bond motifs is 2. The van der Waals surface area contributed by atoms with E-state index in [1.807, 2.05) is 18.2 Å². The second-order valence-corrected chi connectivity index (χ2v) is 7.27. The number of ether oxygens (including phenoxy) is 2. The summed E-state index contributed by atoms with van der Waals surface area (Å²) >= 11 is 0. The largest absolute Gasteiger partial charge is 0.454 e. The van der Waals surface area contributed by atoms with Crippen LogP contribution in [0.4, 0.5) is 17.5 Å². The molecule has 1 fully saturated rings. The lowest BCUT2D eigenvalue weighted by molar-refractivity contribution is 0.174. The molecule has 146 valence electrons. The van der Waals surface area contributed by atoms with Crippen LogP contribution >= 0.6 is 0 Å². The van der Waals surface area contributed by atoms with Crippen LogP contribution < -0.4 is 19.7 Å². The maximum Gasteiger partial charge on any atom is 0.231 e. The fourth-order valence-electron chi connectivity index (χ4n) is 3.78. The third kappa shape index (κ3) is 3.25. The smallest absolute Gasteiger partial charge is 0.231 e. The minimum Gasteiger partial charge on any atom is -0.454 e. The van der Waals surface area contributed by atoms with E-state index in [4.69, 9.17) is 21.0 Å². The van der Waals surface area contributed by atoms with E-state index in [1.165, 1.54) is 0 Å². The number of nitrogens with one attached hydrogen (secondary N) is 1. The van der Waals surface area contributed by atoms with Gasteiger partial charge in [-0.2, -0.15) is 9.97 Å².